The first-order valence-corrected chi connectivity index (χ1v) is 8.63. The molecule has 2 heterocycles. The lowest BCUT2D eigenvalue weighted by Crippen LogP contribution is -2.01. The van der Waals surface area contributed by atoms with E-state index in [1.807, 2.05) is 0 Å². The van der Waals surface area contributed by atoms with E-state index in [0.717, 1.165) is 0 Å². The van der Waals surface area contributed by atoms with Gasteiger partial charge in [0.15, 0.2) is 17.3 Å². The topological polar surface area (TPSA) is 118 Å². The molecule has 0 unspecified atom stereocenters. The van der Waals surface area contributed by atoms with Crippen molar-refractivity contribution in [2.75, 3.05) is 14.2 Å². The van der Waals surface area contributed by atoms with Crippen molar-refractivity contribution in [3.05, 3.63) is 46.0 Å². The van der Waals surface area contributed by atoms with Gasteiger partial charge in [0, 0.05) is 22.9 Å². The Balaban J connectivity index is 2.08. The normalized spacial score (nSPS) is 11.1. The van der Waals surface area contributed by atoms with Gasteiger partial charge in [-0.2, -0.15) is 14.9 Å². The van der Waals surface area contributed by atoms with E-state index < -0.39 is 0 Å². The number of rotatable bonds is 6. The van der Waals surface area contributed by atoms with Crippen LogP contribution in [0.4, 0.5) is 0 Å². The van der Waals surface area contributed by atoms with Gasteiger partial charge in [-0.15, -0.1) is 0 Å². The van der Waals surface area contributed by atoms with Crippen molar-refractivity contribution < 1.29 is 19.7 Å². The largest absolute Gasteiger partial charge is 0.505 e. The average Bonchev–Trinajstić information content (AvgIpc) is 3.08. The lowest BCUT2D eigenvalue weighted by Gasteiger charge is -2.09. The van der Waals surface area contributed by atoms with Gasteiger partial charge in [-0.25, -0.2) is 5.10 Å². The molecule has 0 aliphatic rings. The van der Waals surface area contributed by atoms with Crippen LogP contribution in [0.1, 0.15) is 16.8 Å². The van der Waals surface area contributed by atoms with Crippen molar-refractivity contribution in [3.63, 3.8) is 0 Å². The number of benzene rings is 1. The molecule has 3 N–H and O–H groups in total. The van der Waals surface area contributed by atoms with Crippen molar-refractivity contribution in [1.82, 2.24) is 19.9 Å². The van der Waals surface area contributed by atoms with E-state index in [4.69, 9.17) is 21.7 Å². The third-order valence-corrected chi connectivity index (χ3v) is 4.39. The molecule has 0 aliphatic carbocycles. The molecule has 0 fully saturated rings. The summed E-state index contributed by atoms with van der Waals surface area (Å²) in [5, 5.41) is 31.0. The second-order valence-electron chi connectivity index (χ2n) is 5.77. The molecule has 0 atom stereocenters. The zero-order chi connectivity index (χ0) is 20.3. The molecule has 0 saturated heterocycles. The van der Waals surface area contributed by atoms with E-state index in [1.54, 1.807) is 39.3 Å². The van der Waals surface area contributed by atoms with E-state index in [-0.39, 0.29) is 17.1 Å². The summed E-state index contributed by atoms with van der Waals surface area (Å²) >= 11 is 5.27. The van der Waals surface area contributed by atoms with Crippen LogP contribution in [0.5, 0.6) is 17.2 Å². The molecule has 0 saturated carbocycles. The molecule has 0 aliphatic heterocycles. The minimum Gasteiger partial charge on any atom is -0.505 e. The van der Waals surface area contributed by atoms with Gasteiger partial charge in [-0.05, 0) is 37.3 Å². The molecular formula is C18H19N5O4S. The molecule has 9 nitrogen and oxygen atoms in total. The number of nitrogens with zero attached hydrogens (tertiary/aromatic N) is 4. The molecule has 2 aromatic heterocycles. The molecule has 3 rings (SSSR count). The number of aromatic nitrogens is 4. The van der Waals surface area contributed by atoms with Crippen LogP contribution in [-0.2, 0) is 6.61 Å². The average molecular weight is 401 g/mol. The molecule has 1 aromatic carbocycles. The molecule has 0 amide bonds. The number of aliphatic hydroxyl groups is 1. The van der Waals surface area contributed by atoms with Crippen molar-refractivity contribution >= 4 is 18.4 Å². The summed E-state index contributed by atoms with van der Waals surface area (Å²) in [5.41, 5.74) is 1.92. The molecule has 0 radical (unpaired) electrons. The summed E-state index contributed by atoms with van der Waals surface area (Å²) < 4.78 is 12.2. The van der Waals surface area contributed by atoms with E-state index in [9.17, 15) is 10.2 Å². The third-order valence-electron chi connectivity index (χ3n) is 4.12. The standard InChI is InChI=1S/C18H19N5O4S/c1-10-16(25)13(12(9-24)7-19-10)8-20-23-17(21-22-18(23)28)11-4-5-14(26-2)15(6-11)27-3/h4-8,24-25H,9H2,1-3H3,(H,22,28)/b20-8+. The summed E-state index contributed by atoms with van der Waals surface area (Å²) in [6.07, 6.45) is 2.89. The van der Waals surface area contributed by atoms with Crippen LogP contribution in [0.25, 0.3) is 11.4 Å². The Morgan fingerprint density at radius 3 is 2.71 bits per heavy atom. The highest BCUT2D eigenvalue weighted by Gasteiger charge is 2.13. The Bertz CT molecular complexity index is 1090. The number of ether oxygens (including phenoxy) is 2. The van der Waals surface area contributed by atoms with E-state index >= 15 is 0 Å². The number of hydrogen-bond donors (Lipinski definition) is 3. The van der Waals surface area contributed by atoms with Crippen molar-refractivity contribution in [1.29, 1.82) is 0 Å². The summed E-state index contributed by atoms with van der Waals surface area (Å²) in [7, 11) is 3.10. The first-order chi connectivity index (χ1) is 13.5. The van der Waals surface area contributed by atoms with Crippen LogP contribution in [0.3, 0.4) is 0 Å². The third kappa shape index (κ3) is 3.59. The minimum absolute atomic E-state index is 0.0574. The summed E-state index contributed by atoms with van der Waals surface area (Å²) in [4.78, 5) is 4.03. The maximum Gasteiger partial charge on any atom is 0.216 e. The SMILES string of the molecule is COc1ccc(-c2n[nH]c(=S)n2/N=C/c2c(CO)cnc(C)c2O)cc1OC. The van der Waals surface area contributed by atoms with Gasteiger partial charge < -0.3 is 19.7 Å². The Hall–Kier alpha value is -3.24. The Kier molecular flexibility index (Phi) is 5.71. The number of methoxy groups -OCH3 is 2. The van der Waals surface area contributed by atoms with Crippen LogP contribution in [0, 0.1) is 11.7 Å². The van der Waals surface area contributed by atoms with Crippen LogP contribution in [-0.4, -0.2) is 50.5 Å². The zero-order valence-electron chi connectivity index (χ0n) is 15.5. The van der Waals surface area contributed by atoms with Gasteiger partial charge in [-0.3, -0.25) is 4.98 Å². The van der Waals surface area contributed by atoms with Gasteiger partial charge in [0.05, 0.1) is 32.7 Å². The smallest absolute Gasteiger partial charge is 0.216 e. The maximum atomic E-state index is 10.3. The van der Waals surface area contributed by atoms with Gasteiger partial charge >= 0.3 is 0 Å². The van der Waals surface area contributed by atoms with Crippen LogP contribution >= 0.6 is 12.2 Å². The minimum atomic E-state index is -0.290. The van der Waals surface area contributed by atoms with E-state index in [2.05, 4.69) is 20.3 Å². The molecular weight excluding hydrogens is 382 g/mol. The number of aromatic hydroxyl groups is 1. The predicted octanol–water partition coefficient (Wildman–Crippen LogP) is 2.41. The van der Waals surface area contributed by atoms with E-state index in [1.165, 1.54) is 17.1 Å². The van der Waals surface area contributed by atoms with Gasteiger partial charge in [0.1, 0.15) is 5.75 Å². The number of pyridine rings is 1. The van der Waals surface area contributed by atoms with Crippen LogP contribution in [0.15, 0.2) is 29.5 Å². The fourth-order valence-electron chi connectivity index (χ4n) is 2.60. The molecule has 28 heavy (non-hydrogen) atoms. The second kappa shape index (κ2) is 8.19. The molecule has 10 heteroatoms. The highest BCUT2D eigenvalue weighted by Crippen LogP contribution is 2.31. The van der Waals surface area contributed by atoms with E-state index in [0.29, 0.717) is 39.7 Å². The van der Waals surface area contributed by atoms with Gasteiger partial charge in [0.2, 0.25) is 4.77 Å². The Labute approximate surface area is 165 Å². The van der Waals surface area contributed by atoms with Crippen LogP contribution in [0.2, 0.25) is 0 Å². The lowest BCUT2D eigenvalue weighted by atomic mass is 10.1. The monoisotopic (exact) mass is 401 g/mol. The fraction of sp³-hybridized carbons (Fsp3) is 0.222. The molecule has 146 valence electrons. The molecule has 3 aromatic rings. The highest BCUT2D eigenvalue weighted by molar-refractivity contribution is 7.71. The zero-order valence-corrected chi connectivity index (χ0v) is 16.3. The number of hydrogen-bond acceptors (Lipinski definition) is 8. The number of aliphatic hydroxyl groups excluding tert-OH is 1. The predicted molar refractivity (Wildman–Crippen MR) is 106 cm³/mol. The van der Waals surface area contributed by atoms with Crippen molar-refractivity contribution in [3.8, 4) is 28.6 Å². The Morgan fingerprint density at radius 1 is 1.29 bits per heavy atom. The summed E-state index contributed by atoms with van der Waals surface area (Å²) in [6.45, 7) is 1.37. The number of nitrogens with one attached hydrogen (secondary N) is 1. The van der Waals surface area contributed by atoms with Gasteiger partial charge in [-0.1, -0.05) is 0 Å². The number of H-pyrrole nitrogens is 1. The number of aromatic amines is 1. The lowest BCUT2D eigenvalue weighted by molar-refractivity contribution is 0.280. The fourth-order valence-corrected chi connectivity index (χ4v) is 2.78. The highest BCUT2D eigenvalue weighted by atomic mass is 32.1. The first kappa shape index (κ1) is 19.5. The summed E-state index contributed by atoms with van der Waals surface area (Å²) in [6, 6.07) is 5.30. The first-order valence-electron chi connectivity index (χ1n) is 8.22. The number of aryl methyl sites for hydroxylation is 1. The quantitative estimate of drug-likeness (QED) is 0.429. The summed E-state index contributed by atoms with van der Waals surface area (Å²) in [5.74, 6) is 1.51. The van der Waals surface area contributed by atoms with Crippen molar-refractivity contribution in [2.24, 2.45) is 5.10 Å². The van der Waals surface area contributed by atoms with Crippen LogP contribution < -0.4 is 9.47 Å². The van der Waals surface area contributed by atoms with Crippen molar-refractivity contribution in [2.45, 2.75) is 13.5 Å². The Morgan fingerprint density at radius 2 is 2.04 bits per heavy atom. The maximum absolute atomic E-state index is 10.3. The van der Waals surface area contributed by atoms with Gasteiger partial charge in [0.25, 0.3) is 0 Å². The molecule has 0 spiro atoms. The molecule has 0 bridgehead atoms. The second-order valence-corrected chi connectivity index (χ2v) is 6.15.